The van der Waals surface area contributed by atoms with Crippen molar-refractivity contribution in [2.24, 2.45) is 4.99 Å². The first-order chi connectivity index (χ1) is 13.0. The third-order valence-electron chi connectivity index (χ3n) is 4.97. The highest BCUT2D eigenvalue weighted by Crippen LogP contribution is 2.29. The summed E-state index contributed by atoms with van der Waals surface area (Å²) in [5.74, 6) is -0.686. The maximum atomic E-state index is 13.0. The summed E-state index contributed by atoms with van der Waals surface area (Å²) in [6.45, 7) is 0.960. The number of benzene rings is 2. The molecule has 2 aromatic rings. The fraction of sp³-hybridized carbons (Fsp3) is 0.250. The summed E-state index contributed by atoms with van der Waals surface area (Å²) in [7, 11) is 0. The van der Waals surface area contributed by atoms with Crippen LogP contribution >= 0.6 is 15.9 Å². The van der Waals surface area contributed by atoms with Crippen LogP contribution in [0.15, 0.2) is 58.0 Å². The summed E-state index contributed by atoms with van der Waals surface area (Å²) in [5, 5.41) is 3.00. The average molecular weight is 430 g/mol. The minimum Gasteiger partial charge on any atom is -0.338 e. The van der Waals surface area contributed by atoms with Gasteiger partial charge in [0.1, 0.15) is 17.2 Å². The Kier molecular flexibility index (Phi) is 4.55. The molecule has 0 aromatic heterocycles. The van der Waals surface area contributed by atoms with E-state index in [-0.39, 0.29) is 17.6 Å². The number of halogens is 2. The molecule has 2 aliphatic heterocycles. The molecule has 1 spiro atoms. The number of hydrogen-bond donors (Lipinski definition) is 1. The van der Waals surface area contributed by atoms with Gasteiger partial charge in [0.2, 0.25) is 0 Å². The van der Waals surface area contributed by atoms with Crippen LogP contribution in [0.1, 0.15) is 28.8 Å². The number of hydrogen-bond acceptors (Lipinski definition) is 3. The van der Waals surface area contributed by atoms with Gasteiger partial charge in [0.15, 0.2) is 0 Å². The zero-order valence-corrected chi connectivity index (χ0v) is 16.0. The number of carbonyl (C=O) groups is 2. The summed E-state index contributed by atoms with van der Waals surface area (Å²) in [4.78, 5) is 31.4. The lowest BCUT2D eigenvalue weighted by atomic mass is 9.97. The van der Waals surface area contributed by atoms with E-state index < -0.39 is 5.66 Å². The maximum Gasteiger partial charge on any atom is 0.272 e. The van der Waals surface area contributed by atoms with Crippen molar-refractivity contribution in [2.45, 2.75) is 18.5 Å². The van der Waals surface area contributed by atoms with Crippen molar-refractivity contribution in [2.75, 3.05) is 13.1 Å². The third kappa shape index (κ3) is 3.51. The fourth-order valence-corrected chi connectivity index (χ4v) is 3.72. The van der Waals surface area contributed by atoms with Gasteiger partial charge in [0.05, 0.1) is 0 Å². The number of amides is 2. The van der Waals surface area contributed by atoms with Crippen LogP contribution in [0, 0.1) is 5.82 Å². The van der Waals surface area contributed by atoms with E-state index in [0.29, 0.717) is 37.2 Å². The van der Waals surface area contributed by atoms with E-state index in [1.54, 1.807) is 4.90 Å². The highest BCUT2D eigenvalue weighted by molar-refractivity contribution is 9.10. The van der Waals surface area contributed by atoms with Crippen LogP contribution in [0.4, 0.5) is 4.39 Å². The topological polar surface area (TPSA) is 61.8 Å². The molecule has 0 bridgehead atoms. The second kappa shape index (κ2) is 6.88. The van der Waals surface area contributed by atoms with Crippen molar-refractivity contribution in [3.63, 3.8) is 0 Å². The zero-order valence-electron chi connectivity index (χ0n) is 14.4. The minimum atomic E-state index is -0.654. The molecular formula is C20H17BrFN3O2. The molecule has 0 saturated carbocycles. The van der Waals surface area contributed by atoms with Gasteiger partial charge in [-0.05, 0) is 36.4 Å². The predicted octanol–water partition coefficient (Wildman–Crippen LogP) is 3.14. The molecule has 2 aromatic carbocycles. The Morgan fingerprint density at radius 1 is 1.07 bits per heavy atom. The number of nitrogens with one attached hydrogen (secondary N) is 1. The molecule has 1 saturated heterocycles. The molecule has 27 heavy (non-hydrogen) atoms. The Labute approximate surface area is 164 Å². The van der Waals surface area contributed by atoms with Crippen LogP contribution < -0.4 is 5.32 Å². The molecule has 1 fully saturated rings. The molecule has 138 valence electrons. The average Bonchev–Trinajstić information content (AvgIpc) is 2.99. The molecule has 2 amide bonds. The lowest BCUT2D eigenvalue weighted by molar-refractivity contribution is -0.115. The zero-order chi connectivity index (χ0) is 19.0. The first-order valence-corrected chi connectivity index (χ1v) is 9.48. The normalized spacial score (nSPS) is 18.4. The lowest BCUT2D eigenvalue weighted by Gasteiger charge is -2.37. The first-order valence-electron chi connectivity index (χ1n) is 8.69. The molecule has 0 atom stereocenters. The molecule has 7 heteroatoms. The second-order valence-corrected chi connectivity index (χ2v) is 7.67. The quantitative estimate of drug-likeness (QED) is 0.796. The van der Waals surface area contributed by atoms with E-state index in [9.17, 15) is 14.0 Å². The van der Waals surface area contributed by atoms with Gasteiger partial charge in [-0.25, -0.2) is 4.39 Å². The Hall–Kier alpha value is -2.54. The molecule has 2 heterocycles. The third-order valence-corrected chi connectivity index (χ3v) is 5.50. The standard InChI is InChI=1S/C20H17BrFN3O2/c21-15-5-1-13(2-6-15)17-18(26)24-20(23-17)9-11-25(12-10-20)19(27)14-3-7-16(22)8-4-14/h1-8H,9-12H2,(H,24,26). The lowest BCUT2D eigenvalue weighted by Crippen LogP contribution is -2.52. The van der Waals surface area contributed by atoms with Gasteiger partial charge in [0.25, 0.3) is 11.8 Å². The Morgan fingerprint density at radius 2 is 1.70 bits per heavy atom. The molecular weight excluding hydrogens is 413 g/mol. The predicted molar refractivity (Wildman–Crippen MR) is 103 cm³/mol. The fourth-order valence-electron chi connectivity index (χ4n) is 3.46. The monoisotopic (exact) mass is 429 g/mol. The van der Waals surface area contributed by atoms with Crippen molar-refractivity contribution in [1.82, 2.24) is 10.2 Å². The number of aliphatic imine (C=N–C) groups is 1. The van der Waals surface area contributed by atoms with Gasteiger partial charge >= 0.3 is 0 Å². The highest BCUT2D eigenvalue weighted by atomic mass is 79.9. The van der Waals surface area contributed by atoms with E-state index in [2.05, 4.69) is 21.2 Å². The van der Waals surface area contributed by atoms with Crippen LogP contribution in [-0.2, 0) is 4.79 Å². The Balaban J connectivity index is 1.48. The SMILES string of the molecule is O=C1NC2(CCN(C(=O)c3ccc(F)cc3)CC2)N=C1c1ccc(Br)cc1. The van der Waals surface area contributed by atoms with E-state index in [0.717, 1.165) is 10.0 Å². The molecule has 4 rings (SSSR count). The molecule has 5 nitrogen and oxygen atoms in total. The van der Waals surface area contributed by atoms with E-state index >= 15 is 0 Å². The molecule has 0 radical (unpaired) electrons. The number of carbonyl (C=O) groups excluding carboxylic acids is 2. The molecule has 0 aliphatic carbocycles. The van der Waals surface area contributed by atoms with Crippen molar-refractivity contribution >= 4 is 33.5 Å². The summed E-state index contributed by atoms with van der Waals surface area (Å²) < 4.78 is 14.0. The van der Waals surface area contributed by atoms with E-state index in [4.69, 9.17) is 4.99 Å². The van der Waals surface area contributed by atoms with Crippen LogP contribution in [-0.4, -0.2) is 41.2 Å². The van der Waals surface area contributed by atoms with Crippen molar-refractivity contribution in [1.29, 1.82) is 0 Å². The minimum absolute atomic E-state index is 0.133. The number of piperidine rings is 1. The summed E-state index contributed by atoms with van der Waals surface area (Å²) in [5.41, 5.74) is 1.01. The van der Waals surface area contributed by atoms with Gasteiger partial charge in [0, 0.05) is 41.5 Å². The highest BCUT2D eigenvalue weighted by Gasteiger charge is 2.42. The summed E-state index contributed by atoms with van der Waals surface area (Å²) in [6, 6.07) is 13.0. The largest absolute Gasteiger partial charge is 0.338 e. The van der Waals surface area contributed by atoms with Crippen molar-refractivity contribution in [3.8, 4) is 0 Å². The van der Waals surface area contributed by atoms with Gasteiger partial charge in [-0.3, -0.25) is 14.6 Å². The van der Waals surface area contributed by atoms with Crippen LogP contribution in [0.5, 0.6) is 0 Å². The number of likely N-dealkylation sites (tertiary alicyclic amines) is 1. The second-order valence-electron chi connectivity index (χ2n) is 6.75. The summed E-state index contributed by atoms with van der Waals surface area (Å²) in [6.07, 6.45) is 1.09. The van der Waals surface area contributed by atoms with Crippen LogP contribution in [0.25, 0.3) is 0 Å². The first kappa shape index (κ1) is 17.9. The number of rotatable bonds is 2. The van der Waals surface area contributed by atoms with Crippen molar-refractivity contribution < 1.29 is 14.0 Å². The Bertz CT molecular complexity index is 917. The summed E-state index contributed by atoms with van der Waals surface area (Å²) >= 11 is 3.38. The van der Waals surface area contributed by atoms with Gasteiger partial charge < -0.3 is 10.2 Å². The Morgan fingerprint density at radius 3 is 2.33 bits per heavy atom. The van der Waals surface area contributed by atoms with Crippen LogP contribution in [0.3, 0.4) is 0 Å². The van der Waals surface area contributed by atoms with E-state index in [1.807, 2.05) is 24.3 Å². The van der Waals surface area contributed by atoms with Crippen molar-refractivity contribution in [3.05, 3.63) is 69.9 Å². The number of nitrogens with zero attached hydrogens (tertiary/aromatic N) is 2. The molecule has 1 N–H and O–H groups in total. The van der Waals surface area contributed by atoms with Crippen LogP contribution in [0.2, 0.25) is 0 Å². The van der Waals surface area contributed by atoms with Gasteiger partial charge in [-0.15, -0.1) is 0 Å². The molecule has 2 aliphatic rings. The van der Waals surface area contributed by atoms with Gasteiger partial charge in [-0.2, -0.15) is 0 Å². The molecule has 0 unspecified atom stereocenters. The van der Waals surface area contributed by atoms with E-state index in [1.165, 1.54) is 24.3 Å². The van der Waals surface area contributed by atoms with Gasteiger partial charge in [-0.1, -0.05) is 28.1 Å². The maximum absolute atomic E-state index is 13.0. The smallest absolute Gasteiger partial charge is 0.272 e.